The number of benzene rings is 1. The highest BCUT2D eigenvalue weighted by atomic mass is 16.5. The summed E-state index contributed by atoms with van der Waals surface area (Å²) >= 11 is 0. The number of amides is 1. The summed E-state index contributed by atoms with van der Waals surface area (Å²) in [5.74, 6) is 2.54. The fraction of sp³-hybridized carbons (Fsp3) is 0.444. The van der Waals surface area contributed by atoms with Crippen molar-refractivity contribution in [3.8, 4) is 11.5 Å². The second-order valence-electron chi connectivity index (χ2n) is 6.11. The van der Waals surface area contributed by atoms with Crippen LogP contribution in [-0.4, -0.2) is 43.3 Å². The Hall–Kier alpha value is -2.54. The van der Waals surface area contributed by atoms with Crippen LogP contribution in [0.2, 0.25) is 0 Å². The maximum Gasteiger partial charge on any atom is 0.239 e. The Morgan fingerprint density at radius 2 is 2.20 bits per heavy atom. The Morgan fingerprint density at radius 1 is 1.36 bits per heavy atom. The smallest absolute Gasteiger partial charge is 0.239 e. The van der Waals surface area contributed by atoms with Gasteiger partial charge in [-0.05, 0) is 32.4 Å². The quantitative estimate of drug-likeness (QED) is 0.867. The number of aryl methyl sites for hydroxylation is 1. The lowest BCUT2D eigenvalue weighted by Crippen LogP contribution is -2.33. The molecule has 1 aliphatic heterocycles. The average Bonchev–Trinajstić information content (AvgIpc) is 3.23. The molecule has 0 spiro atoms. The number of nitrogens with one attached hydrogen (secondary N) is 1. The van der Waals surface area contributed by atoms with Crippen LogP contribution in [0.1, 0.15) is 30.2 Å². The number of aromatic nitrogens is 1. The van der Waals surface area contributed by atoms with Gasteiger partial charge in [-0.3, -0.25) is 9.69 Å². The molecule has 1 atom stereocenters. The summed E-state index contributed by atoms with van der Waals surface area (Å²) < 4.78 is 15.8. The van der Waals surface area contributed by atoms with Gasteiger partial charge >= 0.3 is 0 Å². The van der Waals surface area contributed by atoms with Gasteiger partial charge in [0.05, 0.1) is 20.8 Å². The first-order valence-corrected chi connectivity index (χ1v) is 8.30. The van der Waals surface area contributed by atoms with Crippen molar-refractivity contribution in [1.29, 1.82) is 0 Å². The lowest BCUT2D eigenvalue weighted by atomic mass is 10.0. The van der Waals surface area contributed by atoms with Gasteiger partial charge in [0, 0.05) is 23.7 Å². The topological polar surface area (TPSA) is 76.8 Å². The highest BCUT2D eigenvalue weighted by Gasteiger charge is 2.30. The zero-order valence-corrected chi connectivity index (χ0v) is 14.7. The fourth-order valence-corrected chi connectivity index (χ4v) is 3.25. The number of rotatable bonds is 6. The zero-order chi connectivity index (χ0) is 17.8. The second-order valence-corrected chi connectivity index (χ2v) is 6.11. The molecule has 1 saturated heterocycles. The molecule has 1 amide bonds. The minimum atomic E-state index is -0.104. The van der Waals surface area contributed by atoms with Crippen LogP contribution in [0, 0.1) is 6.92 Å². The molecule has 1 aromatic carbocycles. The molecule has 1 aliphatic rings. The molecule has 0 saturated carbocycles. The molecule has 2 heterocycles. The molecule has 134 valence electrons. The molecule has 1 fully saturated rings. The monoisotopic (exact) mass is 345 g/mol. The van der Waals surface area contributed by atoms with Gasteiger partial charge in [-0.25, -0.2) is 0 Å². The van der Waals surface area contributed by atoms with Crippen LogP contribution in [0.5, 0.6) is 11.5 Å². The maximum atomic E-state index is 12.3. The molecule has 0 aliphatic carbocycles. The van der Waals surface area contributed by atoms with E-state index in [2.05, 4.69) is 15.4 Å². The largest absolute Gasteiger partial charge is 0.497 e. The van der Waals surface area contributed by atoms with Crippen molar-refractivity contribution in [3.05, 3.63) is 35.6 Å². The Bertz CT molecular complexity index is 744. The standard InChI is InChI=1S/C18H23N3O4/c1-12-9-17(20-25-12)19-18(22)11-21-8-4-5-15(21)14-7-6-13(23-2)10-16(14)24-3/h6-7,9-10,15H,4-5,8,11H2,1-3H3,(H,19,20,22). The van der Waals surface area contributed by atoms with E-state index in [1.807, 2.05) is 18.2 Å². The van der Waals surface area contributed by atoms with Crippen LogP contribution in [-0.2, 0) is 4.79 Å². The van der Waals surface area contributed by atoms with Crippen LogP contribution in [0.4, 0.5) is 5.82 Å². The molecule has 7 nitrogen and oxygen atoms in total. The van der Waals surface area contributed by atoms with E-state index in [1.165, 1.54) is 0 Å². The van der Waals surface area contributed by atoms with Gasteiger partial charge in [0.25, 0.3) is 0 Å². The number of hydrogen-bond acceptors (Lipinski definition) is 6. The van der Waals surface area contributed by atoms with E-state index in [4.69, 9.17) is 14.0 Å². The molecular weight excluding hydrogens is 322 g/mol. The number of anilines is 1. The predicted molar refractivity (Wildman–Crippen MR) is 93.0 cm³/mol. The summed E-state index contributed by atoms with van der Waals surface area (Å²) in [4.78, 5) is 14.5. The number of likely N-dealkylation sites (tertiary alicyclic amines) is 1. The van der Waals surface area contributed by atoms with Crippen LogP contribution in [0.25, 0.3) is 0 Å². The summed E-state index contributed by atoms with van der Waals surface area (Å²) in [5.41, 5.74) is 1.07. The third-order valence-corrected chi connectivity index (χ3v) is 4.41. The number of hydrogen-bond donors (Lipinski definition) is 1. The van der Waals surface area contributed by atoms with E-state index in [0.717, 1.165) is 36.4 Å². The molecule has 0 bridgehead atoms. The van der Waals surface area contributed by atoms with Crippen molar-refractivity contribution in [2.45, 2.75) is 25.8 Å². The van der Waals surface area contributed by atoms with Crippen molar-refractivity contribution in [3.63, 3.8) is 0 Å². The third-order valence-electron chi connectivity index (χ3n) is 4.41. The van der Waals surface area contributed by atoms with Crippen LogP contribution < -0.4 is 14.8 Å². The van der Waals surface area contributed by atoms with Gasteiger partial charge in [-0.2, -0.15) is 0 Å². The van der Waals surface area contributed by atoms with Crippen LogP contribution >= 0.6 is 0 Å². The van der Waals surface area contributed by atoms with Gasteiger partial charge in [0.15, 0.2) is 5.82 Å². The van der Waals surface area contributed by atoms with Gasteiger partial charge in [0.1, 0.15) is 17.3 Å². The summed E-state index contributed by atoms with van der Waals surface area (Å²) in [5, 5.41) is 6.57. The van der Waals surface area contributed by atoms with E-state index in [1.54, 1.807) is 27.2 Å². The van der Waals surface area contributed by atoms with Crippen molar-refractivity contribution in [2.75, 3.05) is 32.6 Å². The summed E-state index contributed by atoms with van der Waals surface area (Å²) in [6.07, 6.45) is 2.02. The first-order chi connectivity index (χ1) is 12.1. The van der Waals surface area contributed by atoms with Gasteiger partial charge in [0.2, 0.25) is 5.91 Å². The molecule has 7 heteroatoms. The lowest BCUT2D eigenvalue weighted by Gasteiger charge is -2.25. The van der Waals surface area contributed by atoms with Crippen molar-refractivity contribution >= 4 is 11.7 Å². The second kappa shape index (κ2) is 7.57. The van der Waals surface area contributed by atoms with E-state index in [-0.39, 0.29) is 11.9 Å². The van der Waals surface area contributed by atoms with Crippen molar-refractivity contribution < 1.29 is 18.8 Å². The minimum Gasteiger partial charge on any atom is -0.497 e. The molecule has 3 rings (SSSR count). The predicted octanol–water partition coefficient (Wildman–Crippen LogP) is 2.78. The zero-order valence-electron chi connectivity index (χ0n) is 14.7. The Balaban J connectivity index is 1.71. The Labute approximate surface area is 146 Å². The number of nitrogens with zero attached hydrogens (tertiary/aromatic N) is 2. The molecular formula is C18H23N3O4. The SMILES string of the molecule is COc1ccc(C2CCCN2CC(=O)Nc2cc(C)on2)c(OC)c1. The average molecular weight is 345 g/mol. The van der Waals surface area contributed by atoms with E-state index in [9.17, 15) is 4.79 Å². The molecule has 25 heavy (non-hydrogen) atoms. The summed E-state index contributed by atoms with van der Waals surface area (Å²) in [6, 6.07) is 7.66. The first-order valence-electron chi connectivity index (χ1n) is 8.30. The number of methoxy groups -OCH3 is 2. The van der Waals surface area contributed by atoms with Crippen molar-refractivity contribution in [1.82, 2.24) is 10.1 Å². The van der Waals surface area contributed by atoms with Gasteiger partial charge < -0.3 is 19.3 Å². The Morgan fingerprint density at radius 3 is 2.88 bits per heavy atom. The van der Waals surface area contributed by atoms with E-state index >= 15 is 0 Å². The number of ether oxygens (including phenoxy) is 2. The van der Waals surface area contributed by atoms with Crippen molar-refractivity contribution in [2.24, 2.45) is 0 Å². The molecule has 1 aromatic heterocycles. The highest BCUT2D eigenvalue weighted by Crippen LogP contribution is 2.38. The normalized spacial score (nSPS) is 17.5. The van der Waals surface area contributed by atoms with E-state index < -0.39 is 0 Å². The third kappa shape index (κ3) is 3.93. The molecule has 1 N–H and O–H groups in total. The summed E-state index contributed by atoms with van der Waals surface area (Å²) in [6.45, 7) is 2.95. The minimum absolute atomic E-state index is 0.104. The highest BCUT2D eigenvalue weighted by molar-refractivity contribution is 5.91. The number of carbonyl (C=O) groups is 1. The van der Waals surface area contributed by atoms with Crippen LogP contribution in [0.3, 0.4) is 0 Å². The van der Waals surface area contributed by atoms with E-state index in [0.29, 0.717) is 18.1 Å². The van der Waals surface area contributed by atoms with Crippen LogP contribution in [0.15, 0.2) is 28.8 Å². The summed E-state index contributed by atoms with van der Waals surface area (Å²) in [7, 11) is 3.28. The molecule has 2 aromatic rings. The maximum absolute atomic E-state index is 12.3. The molecule has 1 unspecified atom stereocenters. The lowest BCUT2D eigenvalue weighted by molar-refractivity contribution is -0.117. The molecule has 0 radical (unpaired) electrons. The van der Waals surface area contributed by atoms with Gasteiger partial charge in [-0.1, -0.05) is 11.2 Å². The van der Waals surface area contributed by atoms with Gasteiger partial charge in [-0.15, -0.1) is 0 Å². The first kappa shape index (κ1) is 17.3. The fourth-order valence-electron chi connectivity index (χ4n) is 3.25. The number of carbonyl (C=O) groups excluding carboxylic acids is 1. The Kier molecular flexibility index (Phi) is 5.23.